The van der Waals surface area contributed by atoms with E-state index in [0.717, 1.165) is 26.2 Å². The Labute approximate surface area is 310 Å². The fourth-order valence-electron chi connectivity index (χ4n) is 8.62. The molecule has 0 radical (unpaired) electrons. The average Bonchev–Trinajstić information content (AvgIpc) is 3.16. The van der Waals surface area contributed by atoms with Gasteiger partial charge in [0.2, 0.25) is 5.78 Å². The number of aromatic amines is 1. The number of piperazine rings is 1. The average molecular weight is 739 g/mol. The molecule has 1 saturated heterocycles. The maximum absolute atomic E-state index is 14.4. The summed E-state index contributed by atoms with van der Waals surface area (Å²) in [7, 11) is 0. The van der Waals surface area contributed by atoms with E-state index in [4.69, 9.17) is 23.9 Å². The molecule has 6 aliphatic rings. The molecule has 0 unspecified atom stereocenters. The molecule has 1 fully saturated rings. The zero-order valence-electron chi connectivity index (χ0n) is 30.0. The number of H-pyrrole nitrogens is 1. The van der Waals surface area contributed by atoms with Crippen molar-refractivity contribution in [3.8, 4) is 17.2 Å². The van der Waals surface area contributed by atoms with Crippen LogP contribution in [0.25, 0.3) is 0 Å². The van der Waals surface area contributed by atoms with Crippen LogP contribution in [0.1, 0.15) is 69.0 Å². The third-order valence-corrected chi connectivity index (χ3v) is 11.1. The second-order valence-corrected chi connectivity index (χ2v) is 14.3. The standard InChI is InChI=1S/C40H42N4O10/c1-3-4-5-6-7-11-27(45)53-25-10-8-9-22-32(42-14-17-44-15-12-41-13-16-44)30-34(47)31-29-26(51-20-52-36(29)37(30)54-35(22)25)19-24-33(46)23-18-21(2)43-39(49)28(23)38(48)40(24,31)50/h3-8,10-11,18,22,24-26,35,41,47,50H,9,12-17,19-20H2,1-2H3,(H,43,49)/b4-3+,6-5+,11-7+,42-32?/t22-,24+,25+,26+,35-,40+/m0/s1. The van der Waals surface area contributed by atoms with Crippen molar-refractivity contribution in [1.82, 2.24) is 15.2 Å². The highest BCUT2D eigenvalue weighted by molar-refractivity contribution is 6.20. The normalized spacial score (nSPS) is 29.4. The van der Waals surface area contributed by atoms with E-state index in [1.54, 1.807) is 31.2 Å². The van der Waals surface area contributed by atoms with Crippen LogP contribution < -0.4 is 20.3 Å². The third-order valence-electron chi connectivity index (χ3n) is 11.1. The van der Waals surface area contributed by atoms with Gasteiger partial charge >= 0.3 is 5.97 Å². The number of nitrogens with one attached hydrogen (secondary N) is 2. The first-order chi connectivity index (χ1) is 26.1. The molecule has 2 aromatic rings. The first-order valence-corrected chi connectivity index (χ1v) is 18.3. The first-order valence-electron chi connectivity index (χ1n) is 18.3. The largest absolute Gasteiger partial charge is 0.507 e. The minimum atomic E-state index is -2.63. The quantitative estimate of drug-likeness (QED) is 0.141. The molecule has 0 saturated carbocycles. The summed E-state index contributed by atoms with van der Waals surface area (Å²) in [6.07, 6.45) is 11.5. The summed E-state index contributed by atoms with van der Waals surface area (Å²) in [5.74, 6) is -4.37. The summed E-state index contributed by atoms with van der Waals surface area (Å²) in [6, 6.07) is 1.43. The first kappa shape index (κ1) is 35.9. The van der Waals surface area contributed by atoms with Gasteiger partial charge in [0.25, 0.3) is 5.56 Å². The molecule has 14 heteroatoms. The van der Waals surface area contributed by atoms with E-state index < -0.39 is 70.2 Å². The number of carbonyl (C=O) groups is 3. The van der Waals surface area contributed by atoms with Crippen LogP contribution in [0.15, 0.2) is 64.5 Å². The van der Waals surface area contributed by atoms with Gasteiger partial charge in [0.05, 0.1) is 35.4 Å². The lowest BCUT2D eigenvalue weighted by molar-refractivity contribution is -0.146. The molecule has 0 bridgehead atoms. The zero-order chi connectivity index (χ0) is 37.7. The lowest BCUT2D eigenvalue weighted by Crippen LogP contribution is -2.56. The summed E-state index contributed by atoms with van der Waals surface area (Å²) in [6.45, 7) is 7.61. The highest BCUT2D eigenvalue weighted by atomic mass is 16.7. The number of hydrogen-bond acceptors (Lipinski definition) is 13. The molecule has 3 aliphatic heterocycles. The molecule has 14 nitrogen and oxygen atoms in total. The summed E-state index contributed by atoms with van der Waals surface area (Å²) < 4.78 is 24.7. The fourth-order valence-corrected chi connectivity index (χ4v) is 8.62. The summed E-state index contributed by atoms with van der Waals surface area (Å²) in [5.41, 5.74) is -3.18. The van der Waals surface area contributed by atoms with E-state index >= 15 is 0 Å². The van der Waals surface area contributed by atoms with Gasteiger partial charge in [0.1, 0.15) is 11.9 Å². The number of hydrogen-bond donors (Lipinski definition) is 4. The van der Waals surface area contributed by atoms with E-state index in [1.165, 1.54) is 12.1 Å². The topological polar surface area (TPSA) is 189 Å². The summed E-state index contributed by atoms with van der Waals surface area (Å²) >= 11 is 0. The van der Waals surface area contributed by atoms with Crippen LogP contribution in [0.5, 0.6) is 17.2 Å². The molecule has 6 atom stereocenters. The smallest absolute Gasteiger partial charge is 0.331 e. The second kappa shape index (κ2) is 14.3. The predicted octanol–water partition coefficient (Wildman–Crippen LogP) is 2.71. The van der Waals surface area contributed by atoms with E-state index in [2.05, 4.69) is 15.2 Å². The minimum absolute atomic E-state index is 0.0799. The van der Waals surface area contributed by atoms with Crippen molar-refractivity contribution < 1.29 is 43.5 Å². The molecule has 1 aromatic heterocycles. The van der Waals surface area contributed by atoms with E-state index in [9.17, 15) is 29.4 Å². The van der Waals surface area contributed by atoms with Crippen LogP contribution in [0.3, 0.4) is 0 Å². The highest BCUT2D eigenvalue weighted by Gasteiger charge is 2.63. The number of fused-ring (bicyclic) bond motifs is 6. The second-order valence-electron chi connectivity index (χ2n) is 14.3. The van der Waals surface area contributed by atoms with Crippen LogP contribution >= 0.6 is 0 Å². The molecule has 54 heavy (non-hydrogen) atoms. The monoisotopic (exact) mass is 738 g/mol. The maximum Gasteiger partial charge on any atom is 0.331 e. The van der Waals surface area contributed by atoms with E-state index in [0.29, 0.717) is 30.9 Å². The van der Waals surface area contributed by atoms with Gasteiger partial charge in [-0.2, -0.15) is 0 Å². The van der Waals surface area contributed by atoms with Gasteiger partial charge in [0, 0.05) is 67.1 Å². The Hall–Kier alpha value is -5.15. The number of carbonyl (C=O) groups excluding carboxylic acids is 3. The number of benzene rings is 1. The van der Waals surface area contributed by atoms with Crippen LogP contribution in [-0.4, -0.2) is 102 Å². The van der Waals surface area contributed by atoms with Crippen molar-refractivity contribution >= 4 is 23.2 Å². The molecule has 3 aliphatic carbocycles. The Morgan fingerprint density at radius 2 is 1.93 bits per heavy atom. The number of esters is 1. The SMILES string of the molecule is C/C=C/C=C/C=C/C(=O)O[C@@H]1C=CC[C@H]2C(=NCCN3CCNCC3)c3c(O)c4c5c(c3O[C@H]12)OCO[C@@H]5C[C@@H]1C(=O)c2cc(C)[nH]c(=O)c2C(=O)[C@]41O. The Balaban J connectivity index is 1.26. The lowest BCUT2D eigenvalue weighted by Gasteiger charge is -2.48. The molecular formula is C40H42N4O10. The highest BCUT2D eigenvalue weighted by Crippen LogP contribution is 2.62. The van der Waals surface area contributed by atoms with E-state index in [1.807, 2.05) is 25.2 Å². The van der Waals surface area contributed by atoms with Crippen LogP contribution in [0, 0.1) is 18.8 Å². The van der Waals surface area contributed by atoms with Crippen LogP contribution in [0.2, 0.25) is 0 Å². The number of aliphatic imine (C=N–C) groups is 1. The molecule has 0 amide bonds. The number of phenols is 1. The number of aliphatic hydroxyl groups is 1. The Morgan fingerprint density at radius 3 is 2.72 bits per heavy atom. The van der Waals surface area contributed by atoms with Crippen molar-refractivity contribution in [3.63, 3.8) is 0 Å². The predicted molar refractivity (Wildman–Crippen MR) is 195 cm³/mol. The number of aromatic hydroxyl groups is 1. The summed E-state index contributed by atoms with van der Waals surface area (Å²) in [4.78, 5) is 64.6. The Morgan fingerprint density at radius 1 is 1.13 bits per heavy atom. The van der Waals surface area contributed by atoms with Crippen LogP contribution in [-0.2, 0) is 19.9 Å². The molecule has 8 rings (SSSR count). The lowest BCUT2D eigenvalue weighted by atomic mass is 9.60. The maximum atomic E-state index is 14.4. The number of aromatic nitrogens is 1. The number of pyridine rings is 1. The van der Waals surface area contributed by atoms with Crippen molar-refractivity contribution in [3.05, 3.63) is 98.5 Å². The zero-order valence-corrected chi connectivity index (χ0v) is 30.0. The third kappa shape index (κ3) is 5.84. The molecular weight excluding hydrogens is 696 g/mol. The van der Waals surface area contributed by atoms with Crippen molar-refractivity contribution in [2.24, 2.45) is 16.8 Å². The molecule has 282 valence electrons. The molecule has 0 spiro atoms. The number of Topliss-reactive ketones (excluding diaryl/α,β-unsaturated/α-hetero) is 2. The number of phenolic OH excluding ortho intramolecular Hbond substituents is 1. The van der Waals surface area contributed by atoms with Gasteiger partial charge in [-0.25, -0.2) is 4.79 Å². The van der Waals surface area contributed by atoms with Gasteiger partial charge in [0.15, 0.2) is 35.8 Å². The van der Waals surface area contributed by atoms with Crippen LogP contribution in [0.4, 0.5) is 0 Å². The number of nitrogens with zero attached hydrogens (tertiary/aromatic N) is 2. The Kier molecular flexibility index (Phi) is 9.46. The van der Waals surface area contributed by atoms with Crippen molar-refractivity contribution in [2.75, 3.05) is 46.1 Å². The molecule has 1 aromatic carbocycles. The van der Waals surface area contributed by atoms with E-state index in [-0.39, 0.29) is 47.0 Å². The van der Waals surface area contributed by atoms with Gasteiger partial charge in [-0.05, 0) is 38.8 Å². The van der Waals surface area contributed by atoms with Gasteiger partial charge in [-0.15, -0.1) is 0 Å². The van der Waals surface area contributed by atoms with Crippen molar-refractivity contribution in [1.29, 1.82) is 0 Å². The number of ether oxygens (including phenoxy) is 4. The number of ketones is 2. The van der Waals surface area contributed by atoms with Crippen molar-refractivity contribution in [2.45, 2.75) is 50.6 Å². The van der Waals surface area contributed by atoms with Gasteiger partial charge in [-0.3, -0.25) is 24.3 Å². The number of aryl methyl sites for hydroxylation is 1. The summed E-state index contributed by atoms with van der Waals surface area (Å²) in [5, 5.41) is 28.4. The fraction of sp³-hybridized carbons (Fsp3) is 0.425. The Bertz CT molecular complexity index is 2130. The number of allylic oxidation sites excluding steroid dienone is 6. The number of rotatable bonds is 7. The molecule has 4 N–H and O–H groups in total. The molecule has 4 heterocycles. The van der Waals surface area contributed by atoms with Gasteiger partial charge in [-0.1, -0.05) is 36.5 Å². The van der Waals surface area contributed by atoms with Gasteiger partial charge < -0.3 is 39.5 Å². The minimum Gasteiger partial charge on any atom is -0.507 e.